The van der Waals surface area contributed by atoms with E-state index in [1.165, 1.54) is 18.0 Å². The first-order chi connectivity index (χ1) is 22.3. The number of aromatic nitrogens is 4. The Kier molecular flexibility index (Phi) is 11.4. The van der Waals surface area contributed by atoms with Crippen molar-refractivity contribution in [1.29, 1.82) is 0 Å². The van der Waals surface area contributed by atoms with Crippen molar-refractivity contribution in [1.82, 2.24) is 30.0 Å². The Morgan fingerprint density at radius 1 is 0.833 bits per heavy atom. The average molecular weight is 694 g/mol. The summed E-state index contributed by atoms with van der Waals surface area (Å²) in [7, 11) is 3.49. The Morgan fingerprint density at radius 3 is 1.90 bits per heavy atom. The van der Waals surface area contributed by atoms with Gasteiger partial charge in [-0.3, -0.25) is 4.90 Å². The third kappa shape index (κ3) is 9.39. The van der Waals surface area contributed by atoms with Crippen molar-refractivity contribution in [2.24, 2.45) is 13.0 Å². The number of benzene rings is 2. The van der Waals surface area contributed by atoms with Gasteiger partial charge in [-0.25, -0.2) is 0 Å². The Hall–Kier alpha value is -3.40. The van der Waals surface area contributed by atoms with Gasteiger partial charge in [0, 0.05) is 44.8 Å². The van der Waals surface area contributed by atoms with E-state index in [9.17, 15) is 39.5 Å². The predicted molar refractivity (Wildman–Crippen MR) is 162 cm³/mol. The number of tetrazole rings is 1. The summed E-state index contributed by atoms with van der Waals surface area (Å²) in [6.45, 7) is 7.64. The number of likely N-dealkylation sites (tertiary alicyclic amines) is 1. The maximum Gasteiger partial charge on any atom is 0.416 e. The second-order valence-corrected chi connectivity index (χ2v) is 12.8. The molecule has 1 fully saturated rings. The minimum atomic E-state index is -5.08. The molecule has 0 saturated carbocycles. The van der Waals surface area contributed by atoms with Crippen molar-refractivity contribution in [2.45, 2.75) is 83.7 Å². The van der Waals surface area contributed by atoms with Gasteiger partial charge in [-0.1, -0.05) is 31.9 Å². The normalized spacial score (nSPS) is 16.2. The molecule has 1 unspecified atom stereocenters. The van der Waals surface area contributed by atoms with Crippen LogP contribution in [0, 0.1) is 5.92 Å². The summed E-state index contributed by atoms with van der Waals surface area (Å²) in [6, 6.07) is 4.66. The second-order valence-electron chi connectivity index (χ2n) is 12.8. The van der Waals surface area contributed by atoms with E-state index in [1.807, 2.05) is 6.92 Å². The first kappa shape index (κ1) is 37.4. The lowest BCUT2D eigenvalue weighted by Gasteiger charge is -2.41. The van der Waals surface area contributed by atoms with Crippen LogP contribution in [0.1, 0.15) is 79.5 Å². The maximum absolute atomic E-state index is 14.0. The maximum atomic E-state index is 14.0. The highest BCUT2D eigenvalue weighted by Gasteiger charge is 2.38. The minimum absolute atomic E-state index is 0.0228. The zero-order valence-corrected chi connectivity index (χ0v) is 27.4. The van der Waals surface area contributed by atoms with E-state index in [4.69, 9.17) is 0 Å². The molecule has 16 heteroatoms. The fourth-order valence-corrected chi connectivity index (χ4v) is 6.42. The Morgan fingerprint density at radius 2 is 1.42 bits per heavy atom. The van der Waals surface area contributed by atoms with E-state index in [1.54, 1.807) is 0 Å². The Labute approximate surface area is 273 Å². The topological polar surface area (TPSA) is 53.3 Å². The van der Waals surface area contributed by atoms with Crippen molar-refractivity contribution in [3.63, 3.8) is 0 Å². The number of hydrogen-bond donors (Lipinski definition) is 0. The lowest BCUT2D eigenvalue weighted by Crippen LogP contribution is -2.45. The van der Waals surface area contributed by atoms with Crippen LogP contribution in [0.3, 0.4) is 0 Å². The second kappa shape index (κ2) is 14.6. The number of piperidine rings is 1. The summed E-state index contributed by atoms with van der Waals surface area (Å²) in [5, 5.41) is 11.7. The van der Waals surface area contributed by atoms with Crippen molar-refractivity contribution < 1.29 is 39.5 Å². The molecule has 0 N–H and O–H groups in total. The molecule has 7 nitrogen and oxygen atoms in total. The summed E-state index contributed by atoms with van der Waals surface area (Å²) in [5.41, 5.74) is -3.55. The SMILES string of the molecule is CCC(c1ccc(C(F)(F)F)cc1CN(Cc1cc(C(F)(F)F)cc(C(F)(F)F)c1)c1nnn(C)n1)N1CCC(N(C)CC(C)C)CC1. The molecule has 3 aromatic rings. The fraction of sp³-hybridized carbons (Fsp3) is 0.594. The van der Waals surface area contributed by atoms with Crippen LogP contribution in [-0.2, 0) is 38.7 Å². The smallest absolute Gasteiger partial charge is 0.330 e. The average Bonchev–Trinajstić information content (AvgIpc) is 3.42. The van der Waals surface area contributed by atoms with Crippen LogP contribution in [0.25, 0.3) is 0 Å². The van der Waals surface area contributed by atoms with Gasteiger partial charge in [0.15, 0.2) is 0 Å². The molecular formula is C32H40F9N7. The van der Waals surface area contributed by atoms with Gasteiger partial charge < -0.3 is 9.80 Å². The van der Waals surface area contributed by atoms with E-state index >= 15 is 0 Å². The molecule has 0 spiro atoms. The molecule has 48 heavy (non-hydrogen) atoms. The minimum Gasteiger partial charge on any atom is -0.330 e. The van der Waals surface area contributed by atoms with Crippen molar-refractivity contribution in [3.05, 3.63) is 69.8 Å². The lowest BCUT2D eigenvalue weighted by molar-refractivity contribution is -0.143. The van der Waals surface area contributed by atoms with Gasteiger partial charge >= 0.3 is 18.5 Å². The van der Waals surface area contributed by atoms with Gasteiger partial charge in [-0.15, -0.1) is 5.10 Å². The number of alkyl halides is 9. The van der Waals surface area contributed by atoms with Crippen LogP contribution in [0.15, 0.2) is 36.4 Å². The standard InChI is InChI=1S/C32H40F9N7/c1-6-28(47-11-9-26(10-12-47)45(4)17-20(2)3)27-8-7-23(30(33,34)35)15-22(27)19-48(29-42-44-46(5)43-29)18-21-13-24(31(36,37)38)16-25(14-21)32(39,40)41/h7-8,13-16,20,26,28H,6,9-12,17-19H2,1-5H3. The molecule has 2 aromatic carbocycles. The number of halogens is 9. The van der Waals surface area contributed by atoms with Gasteiger partial charge in [0.2, 0.25) is 0 Å². The summed E-state index contributed by atoms with van der Waals surface area (Å²) < 4.78 is 124. The Bertz CT molecular complexity index is 1470. The van der Waals surface area contributed by atoms with Gasteiger partial charge in [0.25, 0.3) is 5.95 Å². The first-order valence-corrected chi connectivity index (χ1v) is 15.7. The molecule has 266 valence electrons. The molecule has 1 aliphatic rings. The zero-order chi connectivity index (χ0) is 35.6. The van der Waals surface area contributed by atoms with Gasteiger partial charge in [0.05, 0.1) is 23.7 Å². The Balaban J connectivity index is 1.74. The number of nitrogens with zero attached hydrogens (tertiary/aromatic N) is 7. The van der Waals surface area contributed by atoms with Crippen molar-refractivity contribution >= 4 is 5.95 Å². The molecule has 0 amide bonds. The molecular weight excluding hydrogens is 653 g/mol. The molecule has 2 heterocycles. The fourth-order valence-electron chi connectivity index (χ4n) is 6.42. The van der Waals surface area contributed by atoms with Crippen LogP contribution in [0.5, 0.6) is 0 Å². The molecule has 0 radical (unpaired) electrons. The van der Waals surface area contributed by atoms with Crippen LogP contribution in [-0.4, -0.2) is 62.7 Å². The third-order valence-electron chi connectivity index (χ3n) is 8.60. The summed E-state index contributed by atoms with van der Waals surface area (Å²) >= 11 is 0. The molecule has 4 rings (SSSR count). The van der Waals surface area contributed by atoms with Crippen molar-refractivity contribution in [2.75, 3.05) is 31.6 Å². The van der Waals surface area contributed by atoms with Crippen LogP contribution in [0.4, 0.5) is 45.5 Å². The van der Waals surface area contributed by atoms with E-state index in [0.29, 0.717) is 49.2 Å². The summed E-state index contributed by atoms with van der Waals surface area (Å²) in [6.07, 6.45) is -12.6. The van der Waals surface area contributed by atoms with Gasteiger partial charge in [-0.2, -0.15) is 44.3 Å². The van der Waals surface area contributed by atoms with E-state index in [-0.39, 0.29) is 35.7 Å². The monoisotopic (exact) mass is 693 g/mol. The van der Waals surface area contributed by atoms with Gasteiger partial charge in [0.1, 0.15) is 0 Å². The number of hydrogen-bond acceptors (Lipinski definition) is 6. The molecule has 1 aromatic heterocycles. The number of anilines is 1. The number of rotatable bonds is 11. The van der Waals surface area contributed by atoms with Gasteiger partial charge in [-0.05, 0) is 84.5 Å². The quantitative estimate of drug-likeness (QED) is 0.190. The summed E-state index contributed by atoms with van der Waals surface area (Å²) in [5.74, 6) is 0.322. The largest absolute Gasteiger partial charge is 0.416 e. The molecule has 0 bridgehead atoms. The highest BCUT2D eigenvalue weighted by Crippen LogP contribution is 2.39. The molecule has 1 aliphatic heterocycles. The number of aryl methyl sites for hydroxylation is 1. The highest BCUT2D eigenvalue weighted by molar-refractivity contribution is 5.42. The zero-order valence-electron chi connectivity index (χ0n) is 27.4. The molecule has 1 saturated heterocycles. The molecule has 0 aliphatic carbocycles. The first-order valence-electron chi connectivity index (χ1n) is 15.7. The van der Waals surface area contributed by atoms with E-state index < -0.39 is 41.8 Å². The van der Waals surface area contributed by atoms with Crippen LogP contribution in [0.2, 0.25) is 0 Å². The highest BCUT2D eigenvalue weighted by atomic mass is 19.4. The van der Waals surface area contributed by atoms with Crippen LogP contribution < -0.4 is 4.90 Å². The van der Waals surface area contributed by atoms with Crippen molar-refractivity contribution in [3.8, 4) is 0 Å². The van der Waals surface area contributed by atoms with E-state index in [2.05, 4.69) is 46.1 Å². The third-order valence-corrected chi connectivity index (χ3v) is 8.60. The predicted octanol–water partition coefficient (Wildman–Crippen LogP) is 7.98. The lowest BCUT2D eigenvalue weighted by atomic mass is 9.92. The van der Waals surface area contributed by atoms with E-state index in [0.717, 1.165) is 36.3 Å². The molecule has 1 atom stereocenters. The summed E-state index contributed by atoms with van der Waals surface area (Å²) in [4.78, 5) is 6.83. The van der Waals surface area contributed by atoms with Crippen LogP contribution >= 0.6 is 0 Å².